The maximum absolute atomic E-state index is 12.5. The summed E-state index contributed by atoms with van der Waals surface area (Å²) < 4.78 is 7.78. The zero-order valence-corrected chi connectivity index (χ0v) is 16.1. The fraction of sp³-hybridized carbons (Fsp3) is 0.238. The van der Waals surface area contributed by atoms with Gasteiger partial charge in [-0.2, -0.15) is 0 Å². The van der Waals surface area contributed by atoms with Gasteiger partial charge in [0.15, 0.2) is 6.10 Å². The van der Waals surface area contributed by atoms with Crippen molar-refractivity contribution in [1.82, 2.24) is 14.9 Å². The van der Waals surface area contributed by atoms with Crippen LogP contribution in [0.15, 0.2) is 60.9 Å². The van der Waals surface area contributed by atoms with Crippen LogP contribution < -0.4 is 10.1 Å². The molecule has 1 aromatic heterocycles. The Hall–Kier alpha value is -2.79. The molecule has 0 unspecified atom stereocenters. The number of benzene rings is 2. The number of aromatic nitrogens is 2. The van der Waals surface area contributed by atoms with Crippen molar-refractivity contribution in [1.29, 1.82) is 0 Å². The van der Waals surface area contributed by atoms with Crippen LogP contribution in [0, 0.1) is 6.92 Å². The molecule has 0 aliphatic rings. The van der Waals surface area contributed by atoms with E-state index in [4.69, 9.17) is 16.3 Å². The largest absolute Gasteiger partial charge is 0.479 e. The van der Waals surface area contributed by atoms with Crippen LogP contribution in [0.2, 0.25) is 5.02 Å². The predicted molar refractivity (Wildman–Crippen MR) is 106 cm³/mol. The molecule has 2 aromatic carbocycles. The molecule has 6 heteroatoms. The molecule has 27 heavy (non-hydrogen) atoms. The Bertz CT molecular complexity index is 906. The molecule has 0 bridgehead atoms. The zero-order valence-electron chi connectivity index (χ0n) is 15.4. The minimum Gasteiger partial charge on any atom is -0.479 e. The summed E-state index contributed by atoms with van der Waals surface area (Å²) in [4.78, 5) is 16.7. The van der Waals surface area contributed by atoms with Gasteiger partial charge in [-0.15, -0.1) is 0 Å². The van der Waals surface area contributed by atoms with E-state index in [2.05, 4.69) is 10.3 Å². The van der Waals surface area contributed by atoms with Gasteiger partial charge in [-0.3, -0.25) is 4.79 Å². The summed E-state index contributed by atoms with van der Waals surface area (Å²) in [7, 11) is 0. The molecule has 0 saturated heterocycles. The fourth-order valence-electron chi connectivity index (χ4n) is 2.74. The van der Waals surface area contributed by atoms with Gasteiger partial charge < -0.3 is 14.6 Å². The Morgan fingerprint density at radius 3 is 2.59 bits per heavy atom. The van der Waals surface area contributed by atoms with Crippen molar-refractivity contribution in [3.05, 3.63) is 77.3 Å². The van der Waals surface area contributed by atoms with Crippen LogP contribution in [0.3, 0.4) is 0 Å². The van der Waals surface area contributed by atoms with Gasteiger partial charge in [0.1, 0.15) is 11.6 Å². The second-order valence-corrected chi connectivity index (χ2v) is 6.58. The number of imidazole rings is 1. The number of carbonyl (C=O) groups excluding carboxylic acids is 1. The molecule has 5 nitrogen and oxygen atoms in total. The summed E-state index contributed by atoms with van der Waals surface area (Å²) in [5.41, 5.74) is 2.05. The van der Waals surface area contributed by atoms with Crippen molar-refractivity contribution in [3.63, 3.8) is 0 Å². The van der Waals surface area contributed by atoms with Crippen molar-refractivity contribution < 1.29 is 9.53 Å². The fourth-order valence-corrected chi connectivity index (χ4v) is 2.92. The normalized spacial score (nSPS) is 11.8. The highest BCUT2D eigenvalue weighted by Crippen LogP contribution is 2.24. The van der Waals surface area contributed by atoms with Gasteiger partial charge in [-0.05, 0) is 43.2 Å². The maximum atomic E-state index is 12.5. The number of carbonyl (C=O) groups is 1. The second kappa shape index (κ2) is 8.73. The molecule has 1 heterocycles. The predicted octanol–water partition coefficient (Wildman–Crippen LogP) is 4.31. The lowest BCUT2D eigenvalue weighted by atomic mass is 10.2. The number of halogens is 1. The average molecular weight is 384 g/mol. The van der Waals surface area contributed by atoms with E-state index >= 15 is 0 Å². The highest BCUT2D eigenvalue weighted by molar-refractivity contribution is 6.32. The van der Waals surface area contributed by atoms with Gasteiger partial charge in [-0.1, -0.05) is 42.8 Å². The number of amides is 1. The van der Waals surface area contributed by atoms with Crippen LogP contribution in [0.25, 0.3) is 5.69 Å². The smallest absolute Gasteiger partial charge is 0.261 e. The SMILES string of the molecule is CC[C@@H](Oc1ccccc1Cl)C(=O)NCc1ccc(-n2ccnc2C)cc1. The van der Waals surface area contributed by atoms with Gasteiger partial charge in [-0.25, -0.2) is 4.98 Å². The van der Waals surface area contributed by atoms with Crippen LogP contribution in [-0.2, 0) is 11.3 Å². The number of ether oxygens (including phenoxy) is 1. The molecule has 0 spiro atoms. The van der Waals surface area contributed by atoms with Gasteiger partial charge in [0, 0.05) is 24.6 Å². The van der Waals surface area contributed by atoms with Crippen molar-refractivity contribution in [2.45, 2.75) is 32.9 Å². The van der Waals surface area contributed by atoms with Gasteiger partial charge in [0.05, 0.1) is 5.02 Å². The Kier molecular flexibility index (Phi) is 6.14. The Morgan fingerprint density at radius 2 is 1.96 bits per heavy atom. The van der Waals surface area contributed by atoms with Gasteiger partial charge in [0.2, 0.25) is 0 Å². The molecule has 1 amide bonds. The molecule has 1 N–H and O–H groups in total. The molecular formula is C21H22ClN3O2. The molecule has 3 rings (SSSR count). The average Bonchev–Trinajstić information content (AvgIpc) is 3.12. The third kappa shape index (κ3) is 4.68. The minimum absolute atomic E-state index is 0.160. The number of nitrogens with one attached hydrogen (secondary N) is 1. The highest BCUT2D eigenvalue weighted by Gasteiger charge is 2.19. The standard InChI is InChI=1S/C21H22ClN3O2/c1-3-19(27-20-7-5-4-6-18(20)22)21(26)24-14-16-8-10-17(11-9-16)25-13-12-23-15(25)2/h4-13,19H,3,14H2,1-2H3,(H,24,26)/t19-/m1/s1. The Morgan fingerprint density at radius 1 is 1.22 bits per heavy atom. The van der Waals surface area contributed by atoms with E-state index in [1.165, 1.54) is 0 Å². The molecular weight excluding hydrogens is 362 g/mol. The van der Waals surface area contributed by atoms with E-state index in [9.17, 15) is 4.79 Å². The van der Waals surface area contributed by atoms with Crippen molar-refractivity contribution in [2.24, 2.45) is 0 Å². The summed E-state index contributed by atoms with van der Waals surface area (Å²) in [6.45, 7) is 4.30. The summed E-state index contributed by atoms with van der Waals surface area (Å²) >= 11 is 6.11. The monoisotopic (exact) mass is 383 g/mol. The lowest BCUT2D eigenvalue weighted by Crippen LogP contribution is -2.37. The zero-order chi connectivity index (χ0) is 19.2. The summed E-state index contributed by atoms with van der Waals surface area (Å²) in [6, 6.07) is 15.2. The van der Waals surface area contributed by atoms with Crippen LogP contribution in [-0.4, -0.2) is 21.6 Å². The van der Waals surface area contributed by atoms with Crippen LogP contribution in [0.4, 0.5) is 0 Å². The lowest BCUT2D eigenvalue weighted by Gasteiger charge is -2.18. The summed E-state index contributed by atoms with van der Waals surface area (Å²) in [5, 5.41) is 3.42. The molecule has 0 aliphatic heterocycles. The molecule has 0 fully saturated rings. The topological polar surface area (TPSA) is 56.1 Å². The third-order valence-electron chi connectivity index (χ3n) is 4.28. The number of hydrogen-bond donors (Lipinski definition) is 1. The van der Waals surface area contributed by atoms with Crippen molar-refractivity contribution in [3.8, 4) is 11.4 Å². The van der Waals surface area contributed by atoms with Crippen molar-refractivity contribution >= 4 is 17.5 Å². The molecule has 140 valence electrons. The van der Waals surface area contributed by atoms with Gasteiger partial charge >= 0.3 is 0 Å². The first-order chi connectivity index (χ1) is 13.1. The number of rotatable bonds is 7. The van der Waals surface area contributed by atoms with Crippen molar-refractivity contribution in [2.75, 3.05) is 0 Å². The molecule has 3 aromatic rings. The van der Waals surface area contributed by atoms with Gasteiger partial charge in [0.25, 0.3) is 5.91 Å². The number of aryl methyl sites for hydroxylation is 1. The highest BCUT2D eigenvalue weighted by atomic mass is 35.5. The van der Waals surface area contributed by atoms with E-state index in [0.29, 0.717) is 23.7 Å². The quantitative estimate of drug-likeness (QED) is 0.661. The Labute approximate surface area is 164 Å². The van der Waals surface area contributed by atoms with E-state index in [1.54, 1.807) is 18.3 Å². The minimum atomic E-state index is -0.585. The lowest BCUT2D eigenvalue weighted by molar-refractivity contribution is -0.128. The van der Waals surface area contributed by atoms with E-state index in [0.717, 1.165) is 17.1 Å². The molecule has 0 saturated carbocycles. The number of para-hydroxylation sites is 1. The van der Waals surface area contributed by atoms with E-state index < -0.39 is 6.10 Å². The van der Waals surface area contributed by atoms with Crippen LogP contribution in [0.1, 0.15) is 24.7 Å². The summed E-state index contributed by atoms with van der Waals surface area (Å²) in [5.74, 6) is 1.28. The van der Waals surface area contributed by atoms with E-state index in [-0.39, 0.29) is 5.91 Å². The molecule has 1 atom stereocenters. The number of hydrogen-bond acceptors (Lipinski definition) is 3. The summed E-state index contributed by atoms with van der Waals surface area (Å²) in [6.07, 6.45) is 3.66. The number of nitrogens with zero attached hydrogens (tertiary/aromatic N) is 2. The first-order valence-electron chi connectivity index (χ1n) is 8.86. The second-order valence-electron chi connectivity index (χ2n) is 6.17. The van der Waals surface area contributed by atoms with Crippen LogP contribution in [0.5, 0.6) is 5.75 Å². The Balaban J connectivity index is 1.59. The maximum Gasteiger partial charge on any atom is 0.261 e. The third-order valence-corrected chi connectivity index (χ3v) is 4.59. The van der Waals surface area contributed by atoms with Crippen LogP contribution >= 0.6 is 11.6 Å². The van der Waals surface area contributed by atoms with E-state index in [1.807, 2.05) is 61.0 Å². The first kappa shape index (κ1) is 19.0. The molecule has 0 radical (unpaired) electrons. The first-order valence-corrected chi connectivity index (χ1v) is 9.24. The molecule has 0 aliphatic carbocycles.